The normalized spacial score (nSPS) is 10.4. The van der Waals surface area contributed by atoms with Gasteiger partial charge in [0.1, 0.15) is 6.33 Å². The van der Waals surface area contributed by atoms with Crippen molar-refractivity contribution < 1.29 is 4.79 Å². The molecule has 0 spiro atoms. The Morgan fingerprint density at radius 3 is 3.06 bits per heavy atom. The number of aryl methyl sites for hydroxylation is 2. The maximum Gasteiger partial charge on any atom is 0.261 e. The Bertz CT molecular complexity index is 486. The Balaban J connectivity index is 2.20. The zero-order valence-electron chi connectivity index (χ0n) is 9.06. The molecule has 16 heavy (non-hydrogen) atoms. The lowest BCUT2D eigenvalue weighted by Gasteiger charge is -1.99. The van der Waals surface area contributed by atoms with Crippen LogP contribution in [0.5, 0.6) is 0 Å². The highest BCUT2D eigenvalue weighted by atomic mass is 16.1. The molecule has 0 saturated heterocycles. The lowest BCUT2D eigenvalue weighted by Crippen LogP contribution is -2.14. The second kappa shape index (κ2) is 4.13. The van der Waals surface area contributed by atoms with E-state index in [0.717, 1.165) is 5.69 Å². The van der Waals surface area contributed by atoms with Crippen molar-refractivity contribution in [3.05, 3.63) is 23.8 Å². The SMILES string of the molecule is CCc1nn(C)cc1C(=O)Nc1ncn[nH]1. The van der Waals surface area contributed by atoms with Crippen molar-refractivity contribution in [2.45, 2.75) is 13.3 Å². The average molecular weight is 220 g/mol. The van der Waals surface area contributed by atoms with Crippen LogP contribution in [0.4, 0.5) is 5.95 Å². The number of rotatable bonds is 3. The van der Waals surface area contributed by atoms with E-state index in [9.17, 15) is 4.79 Å². The van der Waals surface area contributed by atoms with E-state index >= 15 is 0 Å². The fraction of sp³-hybridized carbons (Fsp3) is 0.333. The summed E-state index contributed by atoms with van der Waals surface area (Å²) in [5.41, 5.74) is 1.32. The van der Waals surface area contributed by atoms with Crippen molar-refractivity contribution in [1.29, 1.82) is 0 Å². The monoisotopic (exact) mass is 220 g/mol. The largest absolute Gasteiger partial charge is 0.291 e. The van der Waals surface area contributed by atoms with E-state index in [1.54, 1.807) is 17.9 Å². The van der Waals surface area contributed by atoms with E-state index in [1.807, 2.05) is 6.92 Å². The predicted octanol–water partition coefficient (Wildman–Crippen LogP) is 0.353. The molecule has 2 rings (SSSR count). The van der Waals surface area contributed by atoms with Crippen LogP contribution < -0.4 is 5.32 Å². The van der Waals surface area contributed by atoms with Crippen molar-refractivity contribution in [3.8, 4) is 0 Å². The molecule has 0 fully saturated rings. The highest BCUT2D eigenvalue weighted by Gasteiger charge is 2.15. The minimum absolute atomic E-state index is 0.235. The molecule has 0 saturated carbocycles. The van der Waals surface area contributed by atoms with Gasteiger partial charge in [0.05, 0.1) is 11.3 Å². The zero-order chi connectivity index (χ0) is 11.5. The molecule has 2 N–H and O–H groups in total. The van der Waals surface area contributed by atoms with Crippen LogP contribution in [0.2, 0.25) is 0 Å². The van der Waals surface area contributed by atoms with E-state index < -0.39 is 0 Å². The highest BCUT2D eigenvalue weighted by Crippen LogP contribution is 2.09. The lowest BCUT2D eigenvalue weighted by atomic mass is 10.2. The fourth-order valence-electron chi connectivity index (χ4n) is 1.43. The minimum atomic E-state index is -0.235. The maximum absolute atomic E-state index is 11.9. The van der Waals surface area contributed by atoms with Crippen molar-refractivity contribution >= 4 is 11.9 Å². The molecule has 0 aliphatic heterocycles. The van der Waals surface area contributed by atoms with Gasteiger partial charge >= 0.3 is 0 Å². The second-order valence-electron chi connectivity index (χ2n) is 3.30. The van der Waals surface area contributed by atoms with Crippen molar-refractivity contribution in [3.63, 3.8) is 0 Å². The summed E-state index contributed by atoms with van der Waals surface area (Å²) in [7, 11) is 1.78. The average Bonchev–Trinajstić information content (AvgIpc) is 2.86. The number of nitrogens with zero attached hydrogens (tertiary/aromatic N) is 4. The molecule has 0 aliphatic carbocycles. The first-order valence-electron chi connectivity index (χ1n) is 4.90. The van der Waals surface area contributed by atoms with Crippen LogP contribution in [0.1, 0.15) is 23.0 Å². The van der Waals surface area contributed by atoms with E-state index in [4.69, 9.17) is 0 Å². The summed E-state index contributed by atoms with van der Waals surface area (Å²) >= 11 is 0. The van der Waals surface area contributed by atoms with Gasteiger partial charge in [0.15, 0.2) is 0 Å². The van der Waals surface area contributed by atoms with Crippen LogP contribution in [0.25, 0.3) is 0 Å². The minimum Gasteiger partial charge on any atom is -0.291 e. The Labute approximate surface area is 91.9 Å². The van der Waals surface area contributed by atoms with Crippen molar-refractivity contribution in [1.82, 2.24) is 25.0 Å². The van der Waals surface area contributed by atoms with E-state index in [1.165, 1.54) is 6.33 Å². The third kappa shape index (κ3) is 1.92. The molecular formula is C9H12N6O. The van der Waals surface area contributed by atoms with E-state index in [-0.39, 0.29) is 5.91 Å². The molecule has 84 valence electrons. The number of carbonyl (C=O) groups excluding carboxylic acids is 1. The van der Waals surface area contributed by atoms with Crippen LogP contribution in [0, 0.1) is 0 Å². The second-order valence-corrected chi connectivity index (χ2v) is 3.30. The van der Waals surface area contributed by atoms with Gasteiger partial charge in [-0.2, -0.15) is 15.2 Å². The summed E-state index contributed by atoms with van der Waals surface area (Å²) in [5.74, 6) is 0.0950. The molecule has 0 radical (unpaired) electrons. The topological polar surface area (TPSA) is 88.5 Å². The van der Waals surface area contributed by atoms with Crippen LogP contribution >= 0.6 is 0 Å². The van der Waals surface area contributed by atoms with Gasteiger partial charge in [0.25, 0.3) is 5.91 Å². The van der Waals surface area contributed by atoms with Crippen LogP contribution in [0.15, 0.2) is 12.5 Å². The van der Waals surface area contributed by atoms with Gasteiger partial charge in [-0.3, -0.25) is 14.8 Å². The summed E-state index contributed by atoms with van der Waals surface area (Å²) in [6.45, 7) is 1.95. The van der Waals surface area contributed by atoms with Gasteiger partial charge in [0, 0.05) is 13.2 Å². The maximum atomic E-state index is 11.9. The highest BCUT2D eigenvalue weighted by molar-refractivity contribution is 6.03. The zero-order valence-corrected chi connectivity index (χ0v) is 9.06. The summed E-state index contributed by atoms with van der Waals surface area (Å²) in [6, 6.07) is 0. The number of aromatic amines is 1. The van der Waals surface area contributed by atoms with Crippen molar-refractivity contribution in [2.75, 3.05) is 5.32 Å². The molecular weight excluding hydrogens is 208 g/mol. The first-order chi connectivity index (χ1) is 7.70. The van der Waals surface area contributed by atoms with E-state index in [0.29, 0.717) is 17.9 Å². The quantitative estimate of drug-likeness (QED) is 0.781. The van der Waals surface area contributed by atoms with Gasteiger partial charge in [-0.05, 0) is 6.42 Å². The molecule has 2 aromatic heterocycles. The summed E-state index contributed by atoms with van der Waals surface area (Å²) in [5, 5.41) is 13.0. The number of nitrogens with one attached hydrogen (secondary N) is 2. The Morgan fingerprint density at radius 2 is 2.44 bits per heavy atom. The molecule has 0 aromatic carbocycles. The molecule has 0 bridgehead atoms. The molecule has 0 atom stereocenters. The first kappa shape index (κ1) is 10.3. The number of aromatic nitrogens is 5. The van der Waals surface area contributed by atoms with E-state index in [2.05, 4.69) is 25.6 Å². The predicted molar refractivity (Wildman–Crippen MR) is 56.9 cm³/mol. The Morgan fingerprint density at radius 1 is 1.62 bits per heavy atom. The molecule has 1 amide bonds. The number of hydrogen-bond acceptors (Lipinski definition) is 4. The van der Waals surface area contributed by atoms with Crippen LogP contribution in [0.3, 0.4) is 0 Å². The standard InChI is InChI=1S/C9H12N6O/c1-3-7-6(4-15(2)14-7)8(16)12-9-10-5-11-13-9/h4-5H,3H2,1-2H3,(H2,10,11,12,13,16). The number of amides is 1. The van der Waals surface area contributed by atoms with Gasteiger partial charge in [-0.25, -0.2) is 5.10 Å². The van der Waals surface area contributed by atoms with Crippen LogP contribution in [-0.4, -0.2) is 30.9 Å². The van der Waals surface area contributed by atoms with Gasteiger partial charge < -0.3 is 0 Å². The van der Waals surface area contributed by atoms with Crippen molar-refractivity contribution in [2.24, 2.45) is 7.05 Å². The summed E-state index contributed by atoms with van der Waals surface area (Å²) in [4.78, 5) is 15.7. The number of hydrogen-bond donors (Lipinski definition) is 2. The molecule has 2 heterocycles. The molecule has 2 aromatic rings. The smallest absolute Gasteiger partial charge is 0.261 e. The molecule has 7 heteroatoms. The molecule has 0 aliphatic rings. The van der Waals surface area contributed by atoms with Gasteiger partial charge in [-0.1, -0.05) is 6.92 Å². The Hall–Kier alpha value is -2.18. The molecule has 7 nitrogen and oxygen atoms in total. The fourth-order valence-corrected chi connectivity index (χ4v) is 1.43. The Kier molecular flexibility index (Phi) is 2.67. The van der Waals surface area contributed by atoms with Gasteiger partial charge in [-0.15, -0.1) is 0 Å². The third-order valence-corrected chi connectivity index (χ3v) is 2.13. The number of anilines is 1. The first-order valence-corrected chi connectivity index (χ1v) is 4.90. The number of carbonyl (C=O) groups is 1. The lowest BCUT2D eigenvalue weighted by molar-refractivity contribution is 0.102. The number of H-pyrrole nitrogens is 1. The third-order valence-electron chi connectivity index (χ3n) is 2.13. The van der Waals surface area contributed by atoms with Crippen LogP contribution in [-0.2, 0) is 13.5 Å². The molecule has 0 unspecified atom stereocenters. The summed E-state index contributed by atoms with van der Waals surface area (Å²) < 4.78 is 1.62. The summed E-state index contributed by atoms with van der Waals surface area (Å²) in [6.07, 6.45) is 3.73. The van der Waals surface area contributed by atoms with Gasteiger partial charge in [0.2, 0.25) is 5.95 Å².